The Morgan fingerprint density at radius 1 is 1.18 bits per heavy atom. The molecule has 28 heavy (non-hydrogen) atoms. The molecule has 8 heteroatoms. The molecule has 0 saturated heterocycles. The molecule has 0 spiro atoms. The largest absolute Gasteiger partial charge is 0.452 e. The second-order valence-electron chi connectivity index (χ2n) is 6.20. The van der Waals surface area contributed by atoms with E-state index in [0.717, 1.165) is 18.1 Å². The van der Waals surface area contributed by atoms with Crippen LogP contribution in [-0.2, 0) is 16.0 Å². The molecule has 2 rings (SSSR count). The highest BCUT2D eigenvalue weighted by atomic mass is 16.6. The van der Waals surface area contributed by atoms with Crippen molar-refractivity contribution < 1.29 is 19.2 Å². The summed E-state index contributed by atoms with van der Waals surface area (Å²) in [6.07, 6.45) is 0.935. The van der Waals surface area contributed by atoms with Crippen molar-refractivity contribution in [1.82, 2.24) is 5.32 Å². The van der Waals surface area contributed by atoms with Crippen LogP contribution in [0.1, 0.15) is 41.4 Å². The average Bonchev–Trinajstić information content (AvgIpc) is 2.71. The number of amides is 1. The predicted molar refractivity (Wildman–Crippen MR) is 105 cm³/mol. The van der Waals surface area contributed by atoms with Gasteiger partial charge in [0.05, 0.1) is 16.5 Å². The third-order valence-corrected chi connectivity index (χ3v) is 4.30. The lowest BCUT2D eigenvalue weighted by Gasteiger charge is -2.15. The van der Waals surface area contributed by atoms with E-state index in [1.807, 2.05) is 31.2 Å². The van der Waals surface area contributed by atoms with Crippen molar-refractivity contribution in [2.24, 2.45) is 0 Å². The van der Waals surface area contributed by atoms with Crippen LogP contribution >= 0.6 is 0 Å². The predicted octanol–water partition coefficient (Wildman–Crippen LogP) is 3.23. The smallest absolute Gasteiger partial charge is 0.338 e. The zero-order chi connectivity index (χ0) is 20.7. The van der Waals surface area contributed by atoms with E-state index in [9.17, 15) is 19.7 Å². The molecule has 0 aliphatic rings. The Morgan fingerprint density at radius 3 is 2.43 bits per heavy atom. The number of carbonyl (C=O) groups is 2. The number of hydrogen-bond acceptors (Lipinski definition) is 6. The fourth-order valence-electron chi connectivity index (χ4n) is 2.64. The summed E-state index contributed by atoms with van der Waals surface area (Å²) in [5.41, 5.74) is 2.18. The summed E-state index contributed by atoms with van der Waals surface area (Å²) in [5.74, 6) is -1.26. The van der Waals surface area contributed by atoms with E-state index in [0.29, 0.717) is 0 Å². The number of nitrogens with one attached hydrogen (secondary N) is 2. The van der Waals surface area contributed by atoms with Gasteiger partial charge < -0.3 is 15.4 Å². The summed E-state index contributed by atoms with van der Waals surface area (Å²) < 4.78 is 4.98. The Balaban J connectivity index is 1.93. The lowest BCUT2D eigenvalue weighted by Crippen LogP contribution is -2.31. The standard InChI is InChI=1S/C20H23N3O5/c1-4-14-5-7-15(8-6-14)13(2)22-19(24)12-28-20(25)16-9-10-17(21-3)18(11-16)23(26)27/h5-11,13,21H,4,12H2,1-3H3,(H,22,24)/t13-/m1/s1. The molecule has 0 saturated carbocycles. The number of rotatable bonds is 8. The van der Waals surface area contributed by atoms with Crippen LogP contribution in [0.4, 0.5) is 11.4 Å². The first-order valence-electron chi connectivity index (χ1n) is 8.87. The molecule has 8 nitrogen and oxygen atoms in total. The molecule has 1 atom stereocenters. The van der Waals surface area contributed by atoms with Crippen molar-refractivity contribution in [2.45, 2.75) is 26.3 Å². The van der Waals surface area contributed by atoms with Crippen LogP contribution in [0.5, 0.6) is 0 Å². The van der Waals surface area contributed by atoms with E-state index < -0.39 is 23.4 Å². The first-order valence-corrected chi connectivity index (χ1v) is 8.87. The minimum absolute atomic E-state index is 0.00158. The number of nitro benzene ring substituents is 1. The van der Waals surface area contributed by atoms with Crippen LogP contribution in [0.25, 0.3) is 0 Å². The minimum atomic E-state index is -0.805. The molecule has 0 aromatic heterocycles. The van der Waals surface area contributed by atoms with Crippen LogP contribution in [0, 0.1) is 10.1 Å². The molecule has 1 amide bonds. The van der Waals surface area contributed by atoms with Gasteiger partial charge in [-0.2, -0.15) is 0 Å². The van der Waals surface area contributed by atoms with Gasteiger partial charge in [0.25, 0.3) is 11.6 Å². The summed E-state index contributed by atoms with van der Waals surface area (Å²) in [6.45, 7) is 3.42. The maximum Gasteiger partial charge on any atom is 0.338 e. The van der Waals surface area contributed by atoms with Crippen molar-refractivity contribution in [2.75, 3.05) is 19.0 Å². The van der Waals surface area contributed by atoms with Gasteiger partial charge in [-0.25, -0.2) is 4.79 Å². The second-order valence-corrected chi connectivity index (χ2v) is 6.20. The minimum Gasteiger partial charge on any atom is -0.452 e. The van der Waals surface area contributed by atoms with Gasteiger partial charge >= 0.3 is 5.97 Å². The van der Waals surface area contributed by atoms with E-state index in [1.54, 1.807) is 7.05 Å². The molecule has 2 N–H and O–H groups in total. The Bertz CT molecular complexity index is 865. The van der Waals surface area contributed by atoms with Gasteiger partial charge in [0.1, 0.15) is 5.69 Å². The molecule has 2 aromatic carbocycles. The van der Waals surface area contributed by atoms with Gasteiger partial charge in [-0.05, 0) is 36.6 Å². The molecule has 0 heterocycles. The number of carbonyl (C=O) groups excluding carboxylic acids is 2. The highest BCUT2D eigenvalue weighted by Gasteiger charge is 2.19. The van der Waals surface area contributed by atoms with Crippen LogP contribution in [0.15, 0.2) is 42.5 Å². The SMILES string of the molecule is CCc1ccc([C@@H](C)NC(=O)COC(=O)c2ccc(NC)c([N+](=O)[O-])c2)cc1. The Labute approximate surface area is 163 Å². The van der Waals surface area contributed by atoms with Gasteiger partial charge in [-0.1, -0.05) is 31.2 Å². The number of anilines is 1. The number of aryl methyl sites for hydroxylation is 1. The highest BCUT2D eigenvalue weighted by Crippen LogP contribution is 2.25. The van der Waals surface area contributed by atoms with E-state index in [-0.39, 0.29) is 23.0 Å². The van der Waals surface area contributed by atoms with Gasteiger partial charge in [0, 0.05) is 13.1 Å². The topological polar surface area (TPSA) is 111 Å². The summed E-state index contributed by atoms with van der Waals surface area (Å²) in [7, 11) is 1.54. The summed E-state index contributed by atoms with van der Waals surface area (Å²) in [4.78, 5) is 34.6. The van der Waals surface area contributed by atoms with E-state index >= 15 is 0 Å². The molecule has 0 radical (unpaired) electrons. The lowest BCUT2D eigenvalue weighted by atomic mass is 10.1. The number of hydrogen-bond donors (Lipinski definition) is 2. The second kappa shape index (κ2) is 9.50. The zero-order valence-corrected chi connectivity index (χ0v) is 16.0. The number of nitro groups is 1. The van der Waals surface area contributed by atoms with Gasteiger partial charge in [-0.3, -0.25) is 14.9 Å². The number of benzene rings is 2. The molecule has 0 aliphatic heterocycles. The third kappa shape index (κ3) is 5.29. The van der Waals surface area contributed by atoms with Crippen molar-refractivity contribution >= 4 is 23.3 Å². The normalized spacial score (nSPS) is 11.4. The Hall–Kier alpha value is -3.42. The maximum absolute atomic E-state index is 12.1. The fraction of sp³-hybridized carbons (Fsp3) is 0.300. The summed E-state index contributed by atoms with van der Waals surface area (Å²) in [5, 5.41) is 16.5. The summed E-state index contributed by atoms with van der Waals surface area (Å²) in [6, 6.07) is 11.6. The monoisotopic (exact) mass is 385 g/mol. The van der Waals surface area contributed by atoms with Crippen LogP contribution in [-0.4, -0.2) is 30.5 Å². The molecule has 2 aromatic rings. The molecule has 0 fully saturated rings. The van der Waals surface area contributed by atoms with Crippen molar-refractivity contribution in [1.29, 1.82) is 0 Å². The molecular weight excluding hydrogens is 362 g/mol. The van der Waals surface area contributed by atoms with E-state index in [2.05, 4.69) is 17.6 Å². The molecule has 148 valence electrons. The molecular formula is C20H23N3O5. The first kappa shape index (κ1) is 20.9. The summed E-state index contributed by atoms with van der Waals surface area (Å²) >= 11 is 0. The zero-order valence-electron chi connectivity index (χ0n) is 16.0. The molecule has 0 bridgehead atoms. The van der Waals surface area contributed by atoms with Gasteiger partial charge in [0.15, 0.2) is 6.61 Å². The lowest BCUT2D eigenvalue weighted by molar-refractivity contribution is -0.384. The van der Waals surface area contributed by atoms with Crippen LogP contribution < -0.4 is 10.6 Å². The van der Waals surface area contributed by atoms with Crippen LogP contribution in [0.2, 0.25) is 0 Å². The van der Waals surface area contributed by atoms with E-state index in [1.165, 1.54) is 17.7 Å². The Kier molecular flexibility index (Phi) is 7.08. The molecule has 0 unspecified atom stereocenters. The van der Waals surface area contributed by atoms with E-state index in [4.69, 9.17) is 4.74 Å². The first-order chi connectivity index (χ1) is 13.3. The number of nitrogens with zero attached hydrogens (tertiary/aromatic N) is 1. The van der Waals surface area contributed by atoms with Crippen molar-refractivity contribution in [3.8, 4) is 0 Å². The van der Waals surface area contributed by atoms with Crippen molar-refractivity contribution in [3.05, 3.63) is 69.3 Å². The maximum atomic E-state index is 12.1. The van der Waals surface area contributed by atoms with Gasteiger partial charge in [-0.15, -0.1) is 0 Å². The number of esters is 1. The average molecular weight is 385 g/mol. The van der Waals surface area contributed by atoms with Crippen LogP contribution in [0.3, 0.4) is 0 Å². The van der Waals surface area contributed by atoms with Gasteiger partial charge in [0.2, 0.25) is 0 Å². The number of ether oxygens (including phenoxy) is 1. The third-order valence-electron chi connectivity index (χ3n) is 4.30. The quantitative estimate of drug-likeness (QED) is 0.410. The fourth-order valence-corrected chi connectivity index (χ4v) is 2.64. The van der Waals surface area contributed by atoms with Crippen molar-refractivity contribution in [3.63, 3.8) is 0 Å². The highest BCUT2D eigenvalue weighted by molar-refractivity contribution is 5.93. The molecule has 0 aliphatic carbocycles. The Morgan fingerprint density at radius 2 is 1.86 bits per heavy atom.